The molecule has 4 heterocycles. The summed E-state index contributed by atoms with van der Waals surface area (Å²) in [5.41, 5.74) is 2.32. The molecule has 2 aliphatic heterocycles. The van der Waals surface area contributed by atoms with Gasteiger partial charge in [0.1, 0.15) is 5.76 Å². The molecular formula is C21H27N3O2. The quantitative estimate of drug-likeness (QED) is 0.829. The third-order valence-electron chi connectivity index (χ3n) is 5.43. The van der Waals surface area contributed by atoms with Crippen molar-refractivity contribution in [3.63, 3.8) is 0 Å². The summed E-state index contributed by atoms with van der Waals surface area (Å²) in [6.07, 6.45) is 7.11. The van der Waals surface area contributed by atoms with Crippen LogP contribution in [0.1, 0.15) is 29.4 Å². The van der Waals surface area contributed by atoms with Crippen LogP contribution < -0.4 is 5.56 Å². The Morgan fingerprint density at radius 2 is 2.12 bits per heavy atom. The topological polar surface area (TPSA) is 41.6 Å². The number of rotatable bonds is 5. The molecule has 5 nitrogen and oxygen atoms in total. The van der Waals surface area contributed by atoms with Crippen LogP contribution in [0.3, 0.4) is 0 Å². The standard InChI is InChI=1S/C21H27N3O2/c1-22(2)14-17-7-8-20-18-11-16(13-24(20)21(17)25)12-23(15-18)9-3-5-19-6-4-10-26-19/h3-8,10,16,18H,9,11-15H2,1-2H3/b5-3+/t16-,18+/m0/s1. The number of hydrogen-bond acceptors (Lipinski definition) is 4. The second kappa shape index (κ2) is 7.25. The predicted molar refractivity (Wildman–Crippen MR) is 103 cm³/mol. The summed E-state index contributed by atoms with van der Waals surface area (Å²) in [5.74, 6) is 1.92. The molecule has 1 fully saturated rings. The molecule has 1 saturated heterocycles. The summed E-state index contributed by atoms with van der Waals surface area (Å²) in [6, 6.07) is 8.09. The Bertz CT molecular complexity index is 835. The van der Waals surface area contributed by atoms with Gasteiger partial charge in [-0.3, -0.25) is 9.69 Å². The second-order valence-electron chi connectivity index (χ2n) is 7.87. The van der Waals surface area contributed by atoms with E-state index in [9.17, 15) is 4.79 Å². The zero-order valence-corrected chi connectivity index (χ0v) is 15.6. The van der Waals surface area contributed by atoms with Crippen molar-refractivity contribution in [1.82, 2.24) is 14.4 Å². The fourth-order valence-corrected chi connectivity index (χ4v) is 4.40. The molecule has 0 saturated carbocycles. The molecule has 2 aromatic heterocycles. The van der Waals surface area contributed by atoms with Crippen molar-refractivity contribution < 1.29 is 4.42 Å². The molecule has 5 heteroatoms. The number of furan rings is 1. The van der Waals surface area contributed by atoms with Gasteiger partial charge in [-0.1, -0.05) is 12.1 Å². The SMILES string of the molecule is CN(C)Cc1ccc2n(c1=O)C[C@H]1C[C@@H]2CN(C/C=C/c2ccco2)C1. The molecule has 2 bridgehead atoms. The third-order valence-corrected chi connectivity index (χ3v) is 5.43. The minimum absolute atomic E-state index is 0.206. The van der Waals surface area contributed by atoms with E-state index in [1.807, 2.05) is 42.9 Å². The maximum Gasteiger partial charge on any atom is 0.255 e. The smallest absolute Gasteiger partial charge is 0.255 e. The van der Waals surface area contributed by atoms with Crippen LogP contribution in [0, 0.1) is 5.92 Å². The van der Waals surface area contributed by atoms with Gasteiger partial charge in [-0.25, -0.2) is 0 Å². The first-order valence-electron chi connectivity index (χ1n) is 9.40. The molecule has 138 valence electrons. The van der Waals surface area contributed by atoms with Crippen molar-refractivity contribution in [3.05, 3.63) is 64.0 Å². The lowest BCUT2D eigenvalue weighted by atomic mass is 9.83. The van der Waals surface area contributed by atoms with Gasteiger partial charge >= 0.3 is 0 Å². The van der Waals surface area contributed by atoms with Crippen molar-refractivity contribution in [2.75, 3.05) is 33.7 Å². The van der Waals surface area contributed by atoms with E-state index >= 15 is 0 Å². The monoisotopic (exact) mass is 353 g/mol. The normalized spacial score (nSPS) is 22.9. The van der Waals surface area contributed by atoms with E-state index in [0.717, 1.165) is 37.5 Å². The molecule has 2 atom stereocenters. The van der Waals surface area contributed by atoms with Gasteiger partial charge in [0, 0.05) is 49.9 Å². The summed E-state index contributed by atoms with van der Waals surface area (Å²) in [6.45, 7) is 4.56. The number of aromatic nitrogens is 1. The van der Waals surface area contributed by atoms with Crippen LogP contribution >= 0.6 is 0 Å². The van der Waals surface area contributed by atoms with Crippen molar-refractivity contribution in [2.45, 2.75) is 25.4 Å². The van der Waals surface area contributed by atoms with E-state index in [1.54, 1.807) is 6.26 Å². The highest BCUT2D eigenvalue weighted by Crippen LogP contribution is 2.35. The number of nitrogens with zero attached hydrogens (tertiary/aromatic N) is 3. The van der Waals surface area contributed by atoms with Gasteiger partial charge < -0.3 is 13.9 Å². The van der Waals surface area contributed by atoms with Crippen molar-refractivity contribution in [3.8, 4) is 0 Å². The summed E-state index contributed by atoms with van der Waals surface area (Å²) in [7, 11) is 4.01. The van der Waals surface area contributed by atoms with E-state index in [0.29, 0.717) is 18.4 Å². The van der Waals surface area contributed by atoms with Crippen LogP contribution in [0.5, 0.6) is 0 Å². The lowest BCUT2D eigenvalue weighted by Crippen LogP contribution is -2.47. The second-order valence-corrected chi connectivity index (χ2v) is 7.87. The molecule has 2 aromatic rings. The Labute approximate surface area is 154 Å². The highest BCUT2D eigenvalue weighted by atomic mass is 16.3. The average Bonchev–Trinajstić information content (AvgIpc) is 3.11. The van der Waals surface area contributed by atoms with Crippen LogP contribution in [0.2, 0.25) is 0 Å². The summed E-state index contributed by atoms with van der Waals surface area (Å²) < 4.78 is 7.40. The van der Waals surface area contributed by atoms with Gasteiger partial charge in [0.15, 0.2) is 0 Å². The minimum atomic E-state index is 0.206. The van der Waals surface area contributed by atoms with Gasteiger partial charge in [0.2, 0.25) is 0 Å². The Kier molecular flexibility index (Phi) is 4.83. The van der Waals surface area contributed by atoms with Crippen molar-refractivity contribution in [2.24, 2.45) is 5.92 Å². The van der Waals surface area contributed by atoms with Gasteiger partial charge in [-0.05, 0) is 50.7 Å². The largest absolute Gasteiger partial charge is 0.465 e. The van der Waals surface area contributed by atoms with E-state index < -0.39 is 0 Å². The van der Waals surface area contributed by atoms with Crippen LogP contribution in [0.4, 0.5) is 0 Å². The highest BCUT2D eigenvalue weighted by Gasteiger charge is 2.34. The van der Waals surface area contributed by atoms with Crippen LogP contribution in [0.15, 0.2) is 45.8 Å². The van der Waals surface area contributed by atoms with Gasteiger partial charge in [-0.2, -0.15) is 0 Å². The number of piperidine rings is 1. The van der Waals surface area contributed by atoms with Gasteiger partial charge in [0.05, 0.1) is 6.26 Å². The number of fused-ring (bicyclic) bond motifs is 4. The third kappa shape index (κ3) is 3.55. The lowest BCUT2D eigenvalue weighted by Gasteiger charge is -2.42. The molecule has 0 aromatic carbocycles. The van der Waals surface area contributed by atoms with Crippen molar-refractivity contribution in [1.29, 1.82) is 0 Å². The van der Waals surface area contributed by atoms with E-state index in [2.05, 4.69) is 21.9 Å². The first-order chi connectivity index (χ1) is 12.6. The van der Waals surface area contributed by atoms with E-state index in [1.165, 1.54) is 12.1 Å². The molecule has 0 unspecified atom stereocenters. The predicted octanol–water partition coefficient (Wildman–Crippen LogP) is 2.64. The van der Waals surface area contributed by atoms with Gasteiger partial charge in [-0.15, -0.1) is 0 Å². The molecule has 0 N–H and O–H groups in total. The summed E-state index contributed by atoms with van der Waals surface area (Å²) in [5, 5.41) is 0. The maximum absolute atomic E-state index is 12.9. The fourth-order valence-electron chi connectivity index (χ4n) is 4.40. The first kappa shape index (κ1) is 17.3. The Balaban J connectivity index is 1.49. The Morgan fingerprint density at radius 3 is 2.88 bits per heavy atom. The van der Waals surface area contributed by atoms with Crippen LogP contribution in [-0.2, 0) is 13.1 Å². The lowest BCUT2D eigenvalue weighted by molar-refractivity contribution is 0.131. The zero-order valence-electron chi connectivity index (χ0n) is 15.6. The summed E-state index contributed by atoms with van der Waals surface area (Å²) in [4.78, 5) is 17.4. The molecule has 2 aliphatic rings. The summed E-state index contributed by atoms with van der Waals surface area (Å²) >= 11 is 0. The zero-order chi connectivity index (χ0) is 18.1. The number of likely N-dealkylation sites (tertiary alicyclic amines) is 1. The van der Waals surface area contributed by atoms with E-state index in [-0.39, 0.29) is 5.56 Å². The fraction of sp³-hybridized carbons (Fsp3) is 0.476. The number of hydrogen-bond donors (Lipinski definition) is 0. The molecule has 4 rings (SSSR count). The van der Waals surface area contributed by atoms with E-state index in [4.69, 9.17) is 4.42 Å². The minimum Gasteiger partial charge on any atom is -0.465 e. The Morgan fingerprint density at radius 1 is 1.23 bits per heavy atom. The van der Waals surface area contributed by atoms with Crippen LogP contribution in [0.25, 0.3) is 6.08 Å². The Hall–Kier alpha value is -2.11. The van der Waals surface area contributed by atoms with Crippen LogP contribution in [-0.4, -0.2) is 48.1 Å². The maximum atomic E-state index is 12.9. The molecule has 26 heavy (non-hydrogen) atoms. The van der Waals surface area contributed by atoms with Crippen molar-refractivity contribution >= 4 is 6.08 Å². The first-order valence-corrected chi connectivity index (χ1v) is 9.40. The molecule has 0 aliphatic carbocycles. The molecular weight excluding hydrogens is 326 g/mol. The molecule has 0 radical (unpaired) electrons. The number of pyridine rings is 1. The molecule has 0 amide bonds. The molecule has 0 spiro atoms. The average molecular weight is 353 g/mol. The highest BCUT2D eigenvalue weighted by molar-refractivity contribution is 5.42. The van der Waals surface area contributed by atoms with Gasteiger partial charge in [0.25, 0.3) is 5.56 Å².